The van der Waals surface area contributed by atoms with Gasteiger partial charge < -0.3 is 10.1 Å². The van der Waals surface area contributed by atoms with Crippen molar-refractivity contribution in [3.8, 4) is 5.75 Å². The molecule has 0 aromatic heterocycles. The van der Waals surface area contributed by atoms with Crippen LogP contribution in [0.4, 0.5) is 11.4 Å². The molecule has 1 heterocycles. The lowest BCUT2D eigenvalue weighted by atomic mass is 10.1. The van der Waals surface area contributed by atoms with E-state index >= 15 is 0 Å². The molecule has 38 heavy (non-hydrogen) atoms. The van der Waals surface area contributed by atoms with Crippen molar-refractivity contribution in [1.82, 2.24) is 5.32 Å². The van der Waals surface area contributed by atoms with Gasteiger partial charge in [0, 0.05) is 5.56 Å². The summed E-state index contributed by atoms with van der Waals surface area (Å²) >= 11 is 11.7. The number of carbonyl (C=O) groups is 3. The van der Waals surface area contributed by atoms with Crippen LogP contribution in [-0.4, -0.2) is 22.8 Å². The average molecular weight is 542 g/mol. The third-order valence-electron chi connectivity index (χ3n) is 5.82. The molecule has 1 aliphatic heterocycles. The van der Waals surface area contributed by atoms with Gasteiger partial charge in [-0.2, -0.15) is 0 Å². The quantitative estimate of drug-likeness (QED) is 0.235. The number of carbonyl (C=O) groups excluding carboxylic acids is 3. The first-order valence-corrected chi connectivity index (χ1v) is 12.4. The fourth-order valence-electron chi connectivity index (χ4n) is 3.98. The monoisotopic (exact) mass is 541 g/mol. The van der Waals surface area contributed by atoms with Gasteiger partial charge in [0.1, 0.15) is 12.4 Å². The van der Waals surface area contributed by atoms with Crippen molar-refractivity contribution in [2.24, 2.45) is 0 Å². The van der Waals surface area contributed by atoms with Crippen LogP contribution in [0.1, 0.15) is 36.6 Å². The topological polar surface area (TPSA) is 87.7 Å². The van der Waals surface area contributed by atoms with Gasteiger partial charge in [0.25, 0.3) is 17.7 Å². The van der Waals surface area contributed by atoms with Crippen molar-refractivity contribution in [3.05, 3.63) is 124 Å². The van der Waals surface area contributed by atoms with Gasteiger partial charge in [-0.05, 0) is 72.4 Å². The summed E-state index contributed by atoms with van der Waals surface area (Å²) < 4.78 is 5.75. The smallest absolute Gasteiger partial charge is 0.266 e. The Kier molecular flexibility index (Phi) is 7.17. The number of hydrogen-bond donors (Lipinski definition) is 2. The molecule has 0 saturated carbocycles. The number of amides is 3. The SMILES string of the molecule is O=C(NC(=S)Nc1ccc(N2C(=O)c3ccccc3C2=O)cc1Cl)c1cccc(COc2ccccc2)c1. The summed E-state index contributed by atoms with van der Waals surface area (Å²) in [5, 5.41) is 5.77. The summed E-state index contributed by atoms with van der Waals surface area (Å²) in [6, 6.07) is 27.7. The molecule has 4 aromatic rings. The molecule has 9 heteroatoms. The van der Waals surface area contributed by atoms with Crippen LogP contribution in [0.3, 0.4) is 0 Å². The summed E-state index contributed by atoms with van der Waals surface area (Å²) in [4.78, 5) is 39.3. The number of rotatable bonds is 6. The van der Waals surface area contributed by atoms with Crippen molar-refractivity contribution in [2.45, 2.75) is 6.61 Å². The first kappa shape index (κ1) is 25.1. The van der Waals surface area contributed by atoms with Crippen LogP contribution in [0.5, 0.6) is 5.75 Å². The number of hydrogen-bond acceptors (Lipinski definition) is 5. The van der Waals surface area contributed by atoms with E-state index in [1.807, 2.05) is 36.4 Å². The molecular formula is C29H20ClN3O4S. The van der Waals surface area contributed by atoms with E-state index in [9.17, 15) is 14.4 Å². The first-order valence-electron chi connectivity index (χ1n) is 11.6. The predicted octanol–water partition coefficient (Wildman–Crippen LogP) is 5.85. The van der Waals surface area contributed by atoms with Crippen LogP contribution in [0.25, 0.3) is 0 Å². The third-order valence-corrected chi connectivity index (χ3v) is 6.33. The molecule has 7 nitrogen and oxygen atoms in total. The molecular weight excluding hydrogens is 522 g/mol. The van der Waals surface area contributed by atoms with Crippen LogP contribution in [-0.2, 0) is 6.61 Å². The zero-order chi connectivity index (χ0) is 26.6. The Morgan fingerprint density at radius 3 is 2.21 bits per heavy atom. The van der Waals surface area contributed by atoms with Gasteiger partial charge in [-0.1, -0.05) is 54.1 Å². The molecule has 2 N–H and O–H groups in total. The van der Waals surface area contributed by atoms with Gasteiger partial charge in [0.2, 0.25) is 0 Å². The number of halogens is 1. The molecule has 188 valence electrons. The van der Waals surface area contributed by atoms with Gasteiger partial charge >= 0.3 is 0 Å². The second-order valence-electron chi connectivity index (χ2n) is 8.37. The van der Waals surface area contributed by atoms with E-state index in [1.54, 1.807) is 54.6 Å². The maximum Gasteiger partial charge on any atom is 0.266 e. The van der Waals surface area contributed by atoms with E-state index in [4.69, 9.17) is 28.6 Å². The van der Waals surface area contributed by atoms with E-state index in [-0.39, 0.29) is 10.1 Å². The first-order chi connectivity index (χ1) is 18.4. The van der Waals surface area contributed by atoms with E-state index in [1.165, 1.54) is 6.07 Å². The highest BCUT2D eigenvalue weighted by atomic mass is 35.5. The number of nitrogens with zero attached hydrogens (tertiary/aromatic N) is 1. The molecule has 3 amide bonds. The second-order valence-corrected chi connectivity index (χ2v) is 9.18. The molecule has 5 rings (SSSR count). The molecule has 0 atom stereocenters. The minimum absolute atomic E-state index is 0.0383. The van der Waals surface area contributed by atoms with Crippen LogP contribution < -0.4 is 20.3 Å². The molecule has 0 bridgehead atoms. The Bertz CT molecular complexity index is 1540. The molecule has 0 spiro atoms. The van der Waals surface area contributed by atoms with Crippen molar-refractivity contribution < 1.29 is 19.1 Å². The summed E-state index contributed by atoms with van der Waals surface area (Å²) in [6.07, 6.45) is 0. The van der Waals surface area contributed by atoms with Crippen LogP contribution in [0, 0.1) is 0 Å². The van der Waals surface area contributed by atoms with Crippen molar-refractivity contribution in [3.63, 3.8) is 0 Å². The molecule has 4 aromatic carbocycles. The Hall–Kier alpha value is -4.53. The van der Waals surface area contributed by atoms with E-state index in [2.05, 4.69) is 10.6 Å². The zero-order valence-electron chi connectivity index (χ0n) is 19.8. The van der Waals surface area contributed by atoms with Crippen LogP contribution in [0.2, 0.25) is 5.02 Å². The molecule has 0 radical (unpaired) electrons. The Labute approximate surface area is 229 Å². The lowest BCUT2D eigenvalue weighted by Gasteiger charge is -2.16. The summed E-state index contributed by atoms with van der Waals surface area (Å²) in [7, 11) is 0. The van der Waals surface area contributed by atoms with Gasteiger partial charge in [-0.25, -0.2) is 4.90 Å². The lowest BCUT2D eigenvalue weighted by molar-refractivity contribution is 0.0923. The maximum absolute atomic E-state index is 12.8. The van der Waals surface area contributed by atoms with Gasteiger partial charge in [-0.15, -0.1) is 0 Å². The summed E-state index contributed by atoms with van der Waals surface area (Å²) in [5.41, 5.74) is 2.66. The number of anilines is 2. The fraction of sp³-hybridized carbons (Fsp3) is 0.0345. The van der Waals surface area contributed by atoms with Gasteiger partial charge in [0.05, 0.1) is 27.5 Å². The lowest BCUT2D eigenvalue weighted by Crippen LogP contribution is -2.34. The number of para-hydroxylation sites is 1. The molecule has 0 aliphatic carbocycles. The van der Waals surface area contributed by atoms with Crippen molar-refractivity contribution in [2.75, 3.05) is 10.2 Å². The number of imide groups is 1. The van der Waals surface area contributed by atoms with Crippen LogP contribution in [0.15, 0.2) is 97.1 Å². The Morgan fingerprint density at radius 2 is 1.53 bits per heavy atom. The molecule has 1 aliphatic rings. The highest BCUT2D eigenvalue weighted by molar-refractivity contribution is 7.80. The number of ether oxygens (including phenoxy) is 1. The number of benzene rings is 4. The normalized spacial score (nSPS) is 12.2. The predicted molar refractivity (Wildman–Crippen MR) is 150 cm³/mol. The largest absolute Gasteiger partial charge is 0.489 e. The average Bonchev–Trinajstić information content (AvgIpc) is 3.19. The maximum atomic E-state index is 12.8. The molecule has 0 fully saturated rings. The van der Waals surface area contributed by atoms with E-state index in [0.29, 0.717) is 34.7 Å². The van der Waals surface area contributed by atoms with Crippen LogP contribution >= 0.6 is 23.8 Å². The minimum atomic E-state index is -0.415. The van der Waals surface area contributed by atoms with Gasteiger partial charge in [-0.3, -0.25) is 19.7 Å². The summed E-state index contributed by atoms with van der Waals surface area (Å²) in [5.74, 6) is -0.496. The highest BCUT2D eigenvalue weighted by Gasteiger charge is 2.36. The fourth-order valence-corrected chi connectivity index (χ4v) is 4.41. The van der Waals surface area contributed by atoms with Crippen molar-refractivity contribution >= 4 is 58.0 Å². The molecule has 0 saturated heterocycles. The molecule has 0 unspecified atom stereocenters. The zero-order valence-corrected chi connectivity index (χ0v) is 21.4. The second kappa shape index (κ2) is 10.8. The minimum Gasteiger partial charge on any atom is -0.489 e. The Balaban J connectivity index is 1.22. The van der Waals surface area contributed by atoms with Gasteiger partial charge in [0.15, 0.2) is 5.11 Å². The Morgan fingerprint density at radius 1 is 0.842 bits per heavy atom. The van der Waals surface area contributed by atoms with Crippen molar-refractivity contribution in [1.29, 1.82) is 0 Å². The third kappa shape index (κ3) is 5.27. The number of fused-ring (bicyclic) bond motifs is 1. The summed E-state index contributed by atoms with van der Waals surface area (Å²) in [6.45, 7) is 0.308. The highest BCUT2D eigenvalue weighted by Crippen LogP contribution is 2.32. The standard InChI is InChI=1S/C29H20ClN3O4S/c30-24-16-20(33-27(35)22-11-4-5-12-23(22)28(33)36)13-14-25(24)31-29(38)32-26(34)19-8-6-7-18(15-19)17-37-21-9-2-1-3-10-21/h1-16H,17H2,(H2,31,32,34,38). The number of nitrogens with one attached hydrogen (secondary N) is 2. The number of thiocarbonyl (C=S) groups is 1. The van der Waals surface area contributed by atoms with E-state index in [0.717, 1.165) is 16.2 Å². The van der Waals surface area contributed by atoms with E-state index < -0.39 is 17.7 Å².